The number of sulfonamides is 1. The van der Waals surface area contributed by atoms with Crippen molar-refractivity contribution in [2.24, 2.45) is 0 Å². The molecule has 21 heavy (non-hydrogen) atoms. The number of nitrogens with zero attached hydrogens (tertiary/aromatic N) is 3. The predicted molar refractivity (Wildman–Crippen MR) is 74.2 cm³/mol. The predicted octanol–water partition coefficient (Wildman–Crippen LogP) is 0.0613. The third-order valence-electron chi connectivity index (χ3n) is 3.60. The van der Waals surface area contributed by atoms with E-state index in [1.165, 1.54) is 16.6 Å². The molecule has 0 aliphatic carbocycles. The highest BCUT2D eigenvalue weighted by molar-refractivity contribution is 7.89. The highest BCUT2D eigenvalue weighted by Gasteiger charge is 2.31. The molecule has 2 aromatic heterocycles. The molecule has 1 aliphatic heterocycles. The van der Waals surface area contributed by atoms with E-state index in [4.69, 9.17) is 0 Å². The van der Waals surface area contributed by atoms with Crippen LogP contribution < -0.4 is 5.69 Å². The SMILES string of the molecule is O=c1[nH]nc(C2CCN(S(=O)(=O)c3ccccn3)CC2)[nH]1. The number of hydrogen-bond donors (Lipinski definition) is 2. The van der Waals surface area contributed by atoms with Gasteiger partial charge in [-0.1, -0.05) is 6.07 Å². The second kappa shape index (κ2) is 5.41. The summed E-state index contributed by atoms with van der Waals surface area (Å²) in [6, 6.07) is 4.83. The Morgan fingerprint density at radius 2 is 2.00 bits per heavy atom. The van der Waals surface area contributed by atoms with E-state index >= 15 is 0 Å². The van der Waals surface area contributed by atoms with E-state index < -0.39 is 10.0 Å². The largest absolute Gasteiger partial charge is 0.340 e. The summed E-state index contributed by atoms with van der Waals surface area (Å²) in [4.78, 5) is 17.6. The maximum absolute atomic E-state index is 12.4. The van der Waals surface area contributed by atoms with Gasteiger partial charge in [0.1, 0.15) is 5.82 Å². The van der Waals surface area contributed by atoms with Crippen molar-refractivity contribution in [3.05, 3.63) is 40.7 Å². The average molecular weight is 309 g/mol. The number of nitrogens with one attached hydrogen (secondary N) is 2. The molecule has 3 rings (SSSR count). The van der Waals surface area contributed by atoms with Crippen LogP contribution in [0, 0.1) is 0 Å². The molecule has 0 amide bonds. The first-order chi connectivity index (χ1) is 10.1. The first-order valence-corrected chi connectivity index (χ1v) is 8.07. The fraction of sp³-hybridized carbons (Fsp3) is 0.417. The van der Waals surface area contributed by atoms with Gasteiger partial charge >= 0.3 is 5.69 Å². The molecule has 8 nitrogen and oxygen atoms in total. The number of aromatic amines is 2. The number of pyridine rings is 1. The molecule has 0 unspecified atom stereocenters. The van der Waals surface area contributed by atoms with Crippen LogP contribution in [0.2, 0.25) is 0 Å². The lowest BCUT2D eigenvalue weighted by Gasteiger charge is -2.29. The molecule has 9 heteroatoms. The summed E-state index contributed by atoms with van der Waals surface area (Å²) in [5.74, 6) is 0.661. The van der Waals surface area contributed by atoms with Gasteiger partial charge in [0.2, 0.25) is 0 Å². The molecule has 1 saturated heterocycles. The minimum absolute atomic E-state index is 0.0663. The van der Waals surface area contributed by atoms with Gasteiger partial charge in [0.05, 0.1) is 0 Å². The number of H-pyrrole nitrogens is 2. The molecule has 112 valence electrons. The fourth-order valence-electron chi connectivity index (χ4n) is 2.48. The van der Waals surface area contributed by atoms with E-state index in [9.17, 15) is 13.2 Å². The minimum Gasteiger partial charge on any atom is -0.293 e. The topological polar surface area (TPSA) is 112 Å². The van der Waals surface area contributed by atoms with Crippen LogP contribution in [0.15, 0.2) is 34.2 Å². The normalized spacial score (nSPS) is 17.9. The Balaban J connectivity index is 1.72. The summed E-state index contributed by atoms with van der Waals surface area (Å²) in [6.07, 6.45) is 2.70. The summed E-state index contributed by atoms with van der Waals surface area (Å²) in [5.41, 5.74) is -0.339. The maximum Gasteiger partial charge on any atom is 0.340 e. The van der Waals surface area contributed by atoms with Crippen molar-refractivity contribution >= 4 is 10.0 Å². The lowest BCUT2D eigenvalue weighted by Crippen LogP contribution is -2.38. The third-order valence-corrected chi connectivity index (χ3v) is 5.42. The first kappa shape index (κ1) is 14.0. The van der Waals surface area contributed by atoms with Crippen LogP contribution in [-0.2, 0) is 10.0 Å². The first-order valence-electron chi connectivity index (χ1n) is 6.63. The molecule has 3 heterocycles. The number of aromatic nitrogens is 4. The summed E-state index contributed by atoms with van der Waals surface area (Å²) >= 11 is 0. The van der Waals surface area contributed by atoms with Crippen LogP contribution in [-0.4, -0.2) is 46.0 Å². The van der Waals surface area contributed by atoms with Gasteiger partial charge in [-0.15, -0.1) is 0 Å². The van der Waals surface area contributed by atoms with Crippen LogP contribution in [0.4, 0.5) is 0 Å². The van der Waals surface area contributed by atoms with Crippen LogP contribution in [0.3, 0.4) is 0 Å². The molecular weight excluding hydrogens is 294 g/mol. The van der Waals surface area contributed by atoms with Gasteiger partial charge in [-0.2, -0.15) is 9.40 Å². The zero-order chi connectivity index (χ0) is 14.9. The van der Waals surface area contributed by atoms with Crippen molar-refractivity contribution < 1.29 is 8.42 Å². The van der Waals surface area contributed by atoms with Crippen molar-refractivity contribution in [2.75, 3.05) is 13.1 Å². The molecule has 0 saturated carbocycles. The van der Waals surface area contributed by atoms with Crippen LogP contribution in [0.25, 0.3) is 0 Å². The Kier molecular flexibility index (Phi) is 3.60. The highest BCUT2D eigenvalue weighted by Crippen LogP contribution is 2.27. The monoisotopic (exact) mass is 309 g/mol. The molecule has 1 fully saturated rings. The van der Waals surface area contributed by atoms with Crippen LogP contribution in [0.1, 0.15) is 24.6 Å². The molecule has 0 bridgehead atoms. The zero-order valence-corrected chi connectivity index (χ0v) is 12.0. The van der Waals surface area contributed by atoms with Crippen molar-refractivity contribution in [2.45, 2.75) is 23.8 Å². The Morgan fingerprint density at radius 1 is 1.24 bits per heavy atom. The minimum atomic E-state index is -3.54. The highest BCUT2D eigenvalue weighted by atomic mass is 32.2. The van der Waals surface area contributed by atoms with E-state index in [0.717, 1.165) is 0 Å². The number of rotatable bonds is 3. The maximum atomic E-state index is 12.4. The van der Waals surface area contributed by atoms with Gasteiger partial charge in [0, 0.05) is 25.2 Å². The molecule has 2 aromatic rings. The van der Waals surface area contributed by atoms with Gasteiger partial charge in [-0.3, -0.25) is 4.98 Å². The molecule has 0 atom stereocenters. The summed E-state index contributed by atoms with van der Waals surface area (Å²) in [5, 5.41) is 6.31. The summed E-state index contributed by atoms with van der Waals surface area (Å²) in [6.45, 7) is 0.775. The van der Waals surface area contributed by atoms with Crippen molar-refractivity contribution in [3.63, 3.8) is 0 Å². The molecule has 1 aliphatic rings. The van der Waals surface area contributed by atoms with E-state index in [1.54, 1.807) is 12.1 Å². The van der Waals surface area contributed by atoms with Gasteiger partial charge in [0.15, 0.2) is 5.03 Å². The van der Waals surface area contributed by atoms with E-state index in [-0.39, 0.29) is 16.6 Å². The summed E-state index contributed by atoms with van der Waals surface area (Å²) in [7, 11) is -3.54. The molecular formula is C12H15N5O3S. The second-order valence-corrected chi connectivity index (χ2v) is 6.79. The smallest absolute Gasteiger partial charge is 0.293 e. The molecule has 0 spiro atoms. The van der Waals surface area contributed by atoms with Crippen molar-refractivity contribution in [3.8, 4) is 0 Å². The van der Waals surface area contributed by atoms with Crippen LogP contribution >= 0.6 is 0 Å². The quantitative estimate of drug-likeness (QED) is 0.832. The average Bonchev–Trinajstić information content (AvgIpc) is 2.95. The Hall–Kier alpha value is -2.00. The Labute approximate surface area is 121 Å². The van der Waals surface area contributed by atoms with E-state index in [2.05, 4.69) is 20.2 Å². The number of piperidine rings is 1. The van der Waals surface area contributed by atoms with Gasteiger partial charge < -0.3 is 0 Å². The van der Waals surface area contributed by atoms with E-state index in [0.29, 0.717) is 31.8 Å². The van der Waals surface area contributed by atoms with E-state index in [1.807, 2.05) is 0 Å². The van der Waals surface area contributed by atoms with Gasteiger partial charge in [-0.05, 0) is 25.0 Å². The Bertz CT molecular complexity index is 759. The molecule has 0 aromatic carbocycles. The molecule has 0 radical (unpaired) electrons. The lowest BCUT2D eigenvalue weighted by atomic mass is 9.98. The zero-order valence-electron chi connectivity index (χ0n) is 11.2. The van der Waals surface area contributed by atoms with Crippen molar-refractivity contribution in [1.82, 2.24) is 24.5 Å². The second-order valence-electron chi connectivity index (χ2n) is 4.91. The lowest BCUT2D eigenvalue weighted by molar-refractivity contribution is 0.313. The number of hydrogen-bond acceptors (Lipinski definition) is 5. The molecule has 2 N–H and O–H groups in total. The standard InChI is InChI=1S/C12H15N5O3S/c18-12-14-11(15-16-12)9-4-7-17(8-5-9)21(19,20)10-3-1-2-6-13-10/h1-3,6,9H,4-5,7-8H2,(H2,14,15,16,18). The van der Waals surface area contributed by atoms with Gasteiger partial charge in [-0.25, -0.2) is 23.3 Å². The third kappa shape index (κ3) is 2.74. The van der Waals surface area contributed by atoms with Crippen molar-refractivity contribution in [1.29, 1.82) is 0 Å². The van der Waals surface area contributed by atoms with Crippen LogP contribution in [0.5, 0.6) is 0 Å². The Morgan fingerprint density at radius 3 is 2.57 bits per heavy atom. The fourth-order valence-corrected chi connectivity index (χ4v) is 3.88. The van der Waals surface area contributed by atoms with Gasteiger partial charge in [0.25, 0.3) is 10.0 Å². The summed E-state index contributed by atoms with van der Waals surface area (Å²) < 4.78 is 26.3.